The molecule has 4 N–H and O–H groups in total. The third kappa shape index (κ3) is 4.12. The van der Waals surface area contributed by atoms with Crippen LogP contribution in [0.25, 0.3) is 0 Å². The number of nitrogens with two attached hydrogens (primary N) is 1. The molecular weight excluding hydrogens is 404 g/mol. The van der Waals surface area contributed by atoms with E-state index in [0.29, 0.717) is 17.5 Å². The Hall–Kier alpha value is -3.19. The molecule has 0 bridgehead atoms. The molecule has 7 nitrogen and oxygen atoms in total. The summed E-state index contributed by atoms with van der Waals surface area (Å²) in [6, 6.07) is 15.8. The summed E-state index contributed by atoms with van der Waals surface area (Å²) in [6.07, 6.45) is 0.474. The highest BCUT2D eigenvalue weighted by molar-refractivity contribution is 5.99. The normalized spacial score (nSPS) is 23.4. The van der Waals surface area contributed by atoms with E-state index in [1.54, 1.807) is 11.0 Å². The number of likely N-dealkylation sites (tertiary alicyclic amines) is 1. The maximum atomic E-state index is 13.3. The molecule has 2 aromatic rings. The zero-order chi connectivity index (χ0) is 23.1. The minimum Gasteiger partial charge on any atom is -0.351 e. The molecule has 2 aliphatic rings. The predicted molar refractivity (Wildman–Crippen MR) is 122 cm³/mol. The van der Waals surface area contributed by atoms with Gasteiger partial charge in [0.1, 0.15) is 6.04 Å². The molecule has 7 heteroatoms. The van der Waals surface area contributed by atoms with Gasteiger partial charge in [-0.3, -0.25) is 14.4 Å². The molecule has 1 saturated heterocycles. The summed E-state index contributed by atoms with van der Waals surface area (Å²) < 4.78 is 0. The lowest BCUT2D eigenvalue weighted by atomic mass is 9.76. The van der Waals surface area contributed by atoms with Gasteiger partial charge in [0.15, 0.2) is 0 Å². The van der Waals surface area contributed by atoms with Crippen molar-refractivity contribution in [3.05, 3.63) is 71.3 Å². The van der Waals surface area contributed by atoms with Gasteiger partial charge >= 0.3 is 0 Å². The highest BCUT2D eigenvalue weighted by Crippen LogP contribution is 2.37. The van der Waals surface area contributed by atoms with Gasteiger partial charge in [-0.25, -0.2) is 0 Å². The number of carbonyl (C=O) groups is 3. The molecule has 0 radical (unpaired) electrons. The van der Waals surface area contributed by atoms with E-state index in [1.165, 1.54) is 0 Å². The molecule has 3 atom stereocenters. The van der Waals surface area contributed by atoms with Crippen molar-refractivity contribution in [2.24, 2.45) is 11.7 Å². The van der Waals surface area contributed by atoms with Gasteiger partial charge in [0, 0.05) is 24.2 Å². The monoisotopic (exact) mass is 434 g/mol. The molecule has 2 heterocycles. The van der Waals surface area contributed by atoms with E-state index in [-0.39, 0.29) is 30.8 Å². The first-order chi connectivity index (χ1) is 15.1. The summed E-state index contributed by atoms with van der Waals surface area (Å²) in [5.41, 5.74) is 7.17. The molecule has 3 amide bonds. The van der Waals surface area contributed by atoms with E-state index in [0.717, 1.165) is 5.56 Å². The lowest BCUT2D eigenvalue weighted by Gasteiger charge is -2.39. The van der Waals surface area contributed by atoms with E-state index in [4.69, 9.17) is 5.73 Å². The number of nitrogens with zero attached hydrogens (tertiary/aromatic N) is 1. The van der Waals surface area contributed by atoms with Crippen molar-refractivity contribution in [1.82, 2.24) is 15.5 Å². The minimum absolute atomic E-state index is 0.180. The SMILES string of the molecule is CC(C)(C)NC(=O)[C@@H]1CN(C(=O)[C@@H](N)c2ccccc2)C[C@]12Cc1ccccc1C(=O)N2. The molecule has 0 saturated carbocycles. The average Bonchev–Trinajstić information content (AvgIpc) is 3.10. The van der Waals surface area contributed by atoms with Gasteiger partial charge in [-0.1, -0.05) is 48.5 Å². The molecule has 1 fully saturated rings. The van der Waals surface area contributed by atoms with Gasteiger partial charge < -0.3 is 21.3 Å². The van der Waals surface area contributed by atoms with Crippen LogP contribution in [-0.2, 0) is 16.0 Å². The third-order valence-electron chi connectivity index (χ3n) is 6.22. The second-order valence-corrected chi connectivity index (χ2v) is 9.84. The molecule has 0 aromatic heterocycles. The van der Waals surface area contributed by atoms with Crippen LogP contribution >= 0.6 is 0 Å². The first kappa shape index (κ1) is 22.0. The Morgan fingerprint density at radius 2 is 1.78 bits per heavy atom. The van der Waals surface area contributed by atoms with Crippen LogP contribution in [-0.4, -0.2) is 46.8 Å². The predicted octanol–water partition coefficient (Wildman–Crippen LogP) is 1.78. The minimum atomic E-state index is -0.882. The van der Waals surface area contributed by atoms with Crippen LogP contribution in [0.2, 0.25) is 0 Å². The standard InChI is InChI=1S/C25H30N4O3/c1-24(2,3)27-22(31)19-14-29(23(32)20(26)16-9-5-4-6-10-16)15-25(19)13-17-11-7-8-12-18(17)21(30)28-25/h4-12,19-20H,13-15,26H2,1-3H3,(H,27,31)(H,28,30)/t19-,20-,25+/m0/s1. The Labute approximate surface area is 188 Å². The number of hydrogen-bond acceptors (Lipinski definition) is 4. The summed E-state index contributed by atoms with van der Waals surface area (Å²) in [5, 5.41) is 6.13. The van der Waals surface area contributed by atoms with Crippen LogP contribution < -0.4 is 16.4 Å². The van der Waals surface area contributed by atoms with Crippen LogP contribution in [0.3, 0.4) is 0 Å². The highest BCUT2D eigenvalue weighted by atomic mass is 16.2. The van der Waals surface area contributed by atoms with Gasteiger partial charge in [-0.15, -0.1) is 0 Å². The Morgan fingerprint density at radius 1 is 1.12 bits per heavy atom. The van der Waals surface area contributed by atoms with Gasteiger partial charge in [0.05, 0.1) is 11.5 Å². The van der Waals surface area contributed by atoms with Crippen LogP contribution in [0.4, 0.5) is 0 Å². The Kier molecular flexibility index (Phi) is 5.54. The molecule has 2 aromatic carbocycles. The fraction of sp³-hybridized carbons (Fsp3) is 0.400. The molecular formula is C25H30N4O3. The van der Waals surface area contributed by atoms with Gasteiger partial charge in [-0.05, 0) is 44.4 Å². The Morgan fingerprint density at radius 3 is 2.47 bits per heavy atom. The molecule has 1 spiro atoms. The summed E-state index contributed by atoms with van der Waals surface area (Å²) in [4.78, 5) is 41.2. The summed E-state index contributed by atoms with van der Waals surface area (Å²) in [6.45, 7) is 6.17. The quantitative estimate of drug-likeness (QED) is 0.685. The molecule has 2 aliphatic heterocycles. The van der Waals surface area contributed by atoms with Gasteiger partial charge in [0.25, 0.3) is 5.91 Å². The van der Waals surface area contributed by atoms with Crippen molar-refractivity contribution < 1.29 is 14.4 Å². The van der Waals surface area contributed by atoms with E-state index >= 15 is 0 Å². The van der Waals surface area contributed by atoms with Crippen LogP contribution in [0, 0.1) is 5.92 Å². The van der Waals surface area contributed by atoms with Crippen molar-refractivity contribution in [2.75, 3.05) is 13.1 Å². The van der Waals surface area contributed by atoms with E-state index in [9.17, 15) is 14.4 Å². The fourth-order valence-corrected chi connectivity index (χ4v) is 4.75. The van der Waals surface area contributed by atoms with E-state index in [1.807, 2.05) is 69.3 Å². The lowest BCUT2D eigenvalue weighted by Crippen LogP contribution is -2.62. The average molecular weight is 435 g/mol. The summed E-state index contributed by atoms with van der Waals surface area (Å²) >= 11 is 0. The number of rotatable bonds is 3. The molecule has 32 heavy (non-hydrogen) atoms. The van der Waals surface area contributed by atoms with E-state index in [2.05, 4.69) is 10.6 Å². The van der Waals surface area contributed by atoms with Crippen molar-refractivity contribution in [2.45, 2.75) is 44.3 Å². The topological polar surface area (TPSA) is 105 Å². The maximum absolute atomic E-state index is 13.3. The number of amides is 3. The van der Waals surface area contributed by atoms with Crippen molar-refractivity contribution >= 4 is 17.7 Å². The fourth-order valence-electron chi connectivity index (χ4n) is 4.75. The lowest BCUT2D eigenvalue weighted by molar-refractivity contribution is -0.132. The second-order valence-electron chi connectivity index (χ2n) is 9.84. The zero-order valence-corrected chi connectivity index (χ0v) is 18.7. The van der Waals surface area contributed by atoms with Crippen molar-refractivity contribution in [1.29, 1.82) is 0 Å². The highest BCUT2D eigenvalue weighted by Gasteiger charge is 2.55. The molecule has 168 valence electrons. The number of hydrogen-bond donors (Lipinski definition) is 3. The number of nitrogens with one attached hydrogen (secondary N) is 2. The Bertz CT molecular complexity index is 1050. The number of carbonyl (C=O) groups excluding carboxylic acids is 3. The number of benzene rings is 2. The van der Waals surface area contributed by atoms with Crippen LogP contribution in [0.1, 0.15) is 48.3 Å². The van der Waals surface area contributed by atoms with Crippen molar-refractivity contribution in [3.63, 3.8) is 0 Å². The molecule has 0 aliphatic carbocycles. The van der Waals surface area contributed by atoms with Crippen LogP contribution in [0.5, 0.6) is 0 Å². The first-order valence-electron chi connectivity index (χ1n) is 10.9. The number of fused-ring (bicyclic) bond motifs is 1. The first-order valence-corrected chi connectivity index (χ1v) is 10.9. The van der Waals surface area contributed by atoms with Gasteiger partial charge in [0.2, 0.25) is 11.8 Å². The van der Waals surface area contributed by atoms with Crippen LogP contribution in [0.15, 0.2) is 54.6 Å². The largest absolute Gasteiger partial charge is 0.351 e. The zero-order valence-electron chi connectivity index (χ0n) is 18.7. The van der Waals surface area contributed by atoms with E-state index < -0.39 is 23.0 Å². The second kappa shape index (κ2) is 8.06. The van der Waals surface area contributed by atoms with Crippen molar-refractivity contribution in [3.8, 4) is 0 Å². The Balaban J connectivity index is 1.67. The summed E-state index contributed by atoms with van der Waals surface area (Å²) in [7, 11) is 0. The smallest absolute Gasteiger partial charge is 0.252 e. The molecule has 0 unspecified atom stereocenters. The summed E-state index contributed by atoms with van der Waals surface area (Å²) in [5.74, 6) is -1.25. The molecule has 4 rings (SSSR count). The third-order valence-corrected chi connectivity index (χ3v) is 6.22. The van der Waals surface area contributed by atoms with Gasteiger partial charge in [-0.2, -0.15) is 0 Å². The maximum Gasteiger partial charge on any atom is 0.252 e.